The highest BCUT2D eigenvalue weighted by Crippen LogP contribution is 2.29. The van der Waals surface area contributed by atoms with E-state index in [1.807, 2.05) is 35.9 Å². The summed E-state index contributed by atoms with van der Waals surface area (Å²) in [6, 6.07) is 7.99. The van der Waals surface area contributed by atoms with Crippen LogP contribution >= 0.6 is 23.8 Å². The first kappa shape index (κ1) is 15.1. The number of H-pyrrole nitrogens is 1. The lowest BCUT2D eigenvalue weighted by atomic mass is 10.1. The predicted molar refractivity (Wildman–Crippen MR) is 86.0 cm³/mol. The van der Waals surface area contributed by atoms with E-state index in [-0.39, 0.29) is 6.04 Å². The third kappa shape index (κ3) is 2.88. The van der Waals surface area contributed by atoms with Crippen molar-refractivity contribution in [3.63, 3.8) is 0 Å². The van der Waals surface area contributed by atoms with E-state index in [4.69, 9.17) is 23.8 Å². The highest BCUT2D eigenvalue weighted by atomic mass is 35.5. The topological polar surface area (TPSA) is 36.9 Å². The Morgan fingerprint density at radius 3 is 2.80 bits per heavy atom. The van der Waals surface area contributed by atoms with Crippen LogP contribution in [0.1, 0.15) is 31.9 Å². The molecule has 6 heteroatoms. The van der Waals surface area contributed by atoms with Gasteiger partial charge in [-0.25, -0.2) is 5.10 Å². The third-order valence-corrected chi connectivity index (χ3v) is 4.09. The van der Waals surface area contributed by atoms with E-state index >= 15 is 0 Å². The van der Waals surface area contributed by atoms with Crippen molar-refractivity contribution in [2.75, 3.05) is 11.9 Å². The molecule has 4 nitrogen and oxygen atoms in total. The van der Waals surface area contributed by atoms with Gasteiger partial charge in [-0.3, -0.25) is 4.57 Å². The summed E-state index contributed by atoms with van der Waals surface area (Å²) in [5.74, 6) is 0.837. The number of halogens is 1. The summed E-state index contributed by atoms with van der Waals surface area (Å²) < 4.78 is 2.67. The van der Waals surface area contributed by atoms with Crippen molar-refractivity contribution in [3.8, 4) is 0 Å². The molecule has 0 bridgehead atoms. The maximum atomic E-state index is 6.27. The zero-order valence-electron chi connectivity index (χ0n) is 11.9. The summed E-state index contributed by atoms with van der Waals surface area (Å²) in [6.45, 7) is 5.08. The minimum absolute atomic E-state index is 0.115. The van der Waals surface area contributed by atoms with Gasteiger partial charge in [0.1, 0.15) is 0 Å². The maximum Gasteiger partial charge on any atom is 0.225 e. The molecule has 20 heavy (non-hydrogen) atoms. The van der Waals surface area contributed by atoms with Crippen LogP contribution in [0.4, 0.5) is 5.95 Å². The zero-order chi connectivity index (χ0) is 14.7. The second-order valence-electron chi connectivity index (χ2n) is 4.79. The summed E-state index contributed by atoms with van der Waals surface area (Å²) in [5, 5.41) is 7.97. The van der Waals surface area contributed by atoms with Crippen molar-refractivity contribution >= 4 is 29.8 Å². The quantitative estimate of drug-likeness (QED) is 0.841. The van der Waals surface area contributed by atoms with E-state index in [0.29, 0.717) is 4.77 Å². The van der Waals surface area contributed by atoms with Crippen LogP contribution in [-0.4, -0.2) is 21.8 Å². The highest BCUT2D eigenvalue weighted by molar-refractivity contribution is 7.71. The average molecular weight is 311 g/mol. The molecule has 0 aliphatic heterocycles. The predicted octanol–water partition coefficient (Wildman–Crippen LogP) is 4.20. The van der Waals surface area contributed by atoms with Crippen LogP contribution in [0.5, 0.6) is 0 Å². The van der Waals surface area contributed by atoms with Gasteiger partial charge in [0.2, 0.25) is 5.95 Å². The Hall–Kier alpha value is -1.33. The van der Waals surface area contributed by atoms with Crippen LogP contribution < -0.4 is 4.90 Å². The van der Waals surface area contributed by atoms with Gasteiger partial charge < -0.3 is 4.90 Å². The number of aromatic amines is 1. The smallest absolute Gasteiger partial charge is 0.225 e. The van der Waals surface area contributed by atoms with Crippen molar-refractivity contribution in [3.05, 3.63) is 39.6 Å². The standard InChI is InChI=1S/C14H19ClN4S/c1-4-9-19-13(16-17-14(19)20)18(3)10(2)11-7-5-6-8-12(11)15/h5-8,10H,4,9H2,1-3H3,(H,17,20). The van der Waals surface area contributed by atoms with E-state index in [0.717, 1.165) is 29.5 Å². The molecule has 2 aromatic rings. The summed E-state index contributed by atoms with van der Waals surface area (Å²) in [4.78, 5) is 2.09. The number of benzene rings is 1. The van der Waals surface area contributed by atoms with Gasteiger partial charge >= 0.3 is 0 Å². The molecule has 0 aliphatic rings. The first-order valence-electron chi connectivity index (χ1n) is 6.68. The van der Waals surface area contributed by atoms with Crippen LogP contribution in [0.2, 0.25) is 5.02 Å². The molecule has 0 saturated carbocycles. The van der Waals surface area contributed by atoms with Gasteiger partial charge in [-0.05, 0) is 37.2 Å². The Balaban J connectivity index is 2.34. The normalized spacial score (nSPS) is 12.4. The minimum atomic E-state index is 0.115. The first-order chi connectivity index (χ1) is 9.56. The molecule has 1 atom stereocenters. The van der Waals surface area contributed by atoms with Crippen molar-refractivity contribution in [2.24, 2.45) is 0 Å². The molecule has 0 fully saturated rings. The number of nitrogens with zero attached hydrogens (tertiary/aromatic N) is 3. The molecule has 1 aromatic carbocycles. The lowest BCUT2D eigenvalue weighted by molar-refractivity contribution is 0.629. The first-order valence-corrected chi connectivity index (χ1v) is 7.47. The minimum Gasteiger partial charge on any atom is -0.337 e. The zero-order valence-corrected chi connectivity index (χ0v) is 13.5. The molecular formula is C14H19ClN4S. The van der Waals surface area contributed by atoms with E-state index in [2.05, 4.69) is 28.9 Å². The Labute approximate surface area is 129 Å². The average Bonchev–Trinajstić information content (AvgIpc) is 2.80. The van der Waals surface area contributed by atoms with Crippen LogP contribution in [0.15, 0.2) is 24.3 Å². The molecule has 1 aromatic heterocycles. The van der Waals surface area contributed by atoms with Crippen LogP contribution in [0.3, 0.4) is 0 Å². The summed E-state index contributed by atoms with van der Waals surface area (Å²) in [6.07, 6.45) is 1.01. The summed E-state index contributed by atoms with van der Waals surface area (Å²) in [7, 11) is 2.01. The molecule has 1 heterocycles. The molecule has 2 rings (SSSR count). The number of anilines is 1. The molecule has 0 spiro atoms. The fourth-order valence-electron chi connectivity index (χ4n) is 2.20. The van der Waals surface area contributed by atoms with Crippen molar-refractivity contribution in [1.29, 1.82) is 0 Å². The fourth-order valence-corrected chi connectivity index (χ4v) is 2.71. The Bertz CT molecular complexity index is 634. The number of nitrogens with one attached hydrogen (secondary N) is 1. The molecule has 1 N–H and O–H groups in total. The molecule has 0 radical (unpaired) electrons. The Kier molecular flexibility index (Phi) is 4.83. The van der Waals surface area contributed by atoms with E-state index in [1.54, 1.807) is 0 Å². The fraction of sp³-hybridized carbons (Fsp3) is 0.429. The van der Waals surface area contributed by atoms with E-state index in [1.165, 1.54) is 0 Å². The Morgan fingerprint density at radius 1 is 1.45 bits per heavy atom. The van der Waals surface area contributed by atoms with Crippen molar-refractivity contribution in [2.45, 2.75) is 32.9 Å². The van der Waals surface area contributed by atoms with Crippen molar-refractivity contribution < 1.29 is 0 Å². The number of hydrogen-bond acceptors (Lipinski definition) is 3. The number of aromatic nitrogens is 3. The van der Waals surface area contributed by atoms with Gasteiger partial charge in [-0.15, -0.1) is 5.10 Å². The lowest BCUT2D eigenvalue weighted by Crippen LogP contribution is -2.25. The van der Waals surface area contributed by atoms with Gasteiger partial charge in [-0.1, -0.05) is 36.7 Å². The van der Waals surface area contributed by atoms with Gasteiger partial charge in [0.05, 0.1) is 6.04 Å². The monoisotopic (exact) mass is 310 g/mol. The molecule has 0 aliphatic carbocycles. The van der Waals surface area contributed by atoms with Gasteiger partial charge in [0, 0.05) is 18.6 Å². The summed E-state index contributed by atoms with van der Waals surface area (Å²) in [5.41, 5.74) is 1.08. The van der Waals surface area contributed by atoms with Crippen molar-refractivity contribution in [1.82, 2.24) is 14.8 Å². The number of rotatable bonds is 5. The van der Waals surface area contributed by atoms with E-state index < -0.39 is 0 Å². The second-order valence-corrected chi connectivity index (χ2v) is 5.58. The van der Waals surface area contributed by atoms with Gasteiger partial charge in [-0.2, -0.15) is 0 Å². The largest absolute Gasteiger partial charge is 0.337 e. The maximum absolute atomic E-state index is 6.27. The van der Waals surface area contributed by atoms with E-state index in [9.17, 15) is 0 Å². The lowest BCUT2D eigenvalue weighted by Gasteiger charge is -2.27. The Morgan fingerprint density at radius 2 is 2.15 bits per heavy atom. The van der Waals surface area contributed by atoms with Crippen LogP contribution in [-0.2, 0) is 6.54 Å². The number of hydrogen-bond donors (Lipinski definition) is 1. The summed E-state index contributed by atoms with van der Waals surface area (Å²) >= 11 is 11.6. The van der Waals surface area contributed by atoms with Gasteiger partial charge in [0.15, 0.2) is 4.77 Å². The SMILES string of the molecule is CCCn1c(N(C)C(C)c2ccccc2Cl)n[nH]c1=S. The molecule has 0 amide bonds. The molecular weight excluding hydrogens is 292 g/mol. The highest BCUT2D eigenvalue weighted by Gasteiger charge is 2.19. The molecule has 1 unspecified atom stereocenters. The van der Waals surface area contributed by atoms with Gasteiger partial charge in [0.25, 0.3) is 0 Å². The van der Waals surface area contributed by atoms with Crippen LogP contribution in [0.25, 0.3) is 0 Å². The molecule has 0 saturated heterocycles. The molecule has 108 valence electrons. The third-order valence-electron chi connectivity index (χ3n) is 3.44. The van der Waals surface area contributed by atoms with Crippen LogP contribution in [0, 0.1) is 4.77 Å². The second kappa shape index (κ2) is 6.41.